The first-order chi connectivity index (χ1) is 26.3. The Morgan fingerprint density at radius 3 is 0.655 bits per heavy atom. The van der Waals surface area contributed by atoms with Gasteiger partial charge in [-0.15, -0.1) is 0 Å². The topological polar surface area (TPSA) is 325 Å². The van der Waals surface area contributed by atoms with E-state index in [1.807, 2.05) is 0 Å². The summed E-state index contributed by atoms with van der Waals surface area (Å²) in [6.45, 7) is 0. The SMILES string of the molecule is O=S(=O)([O-])C1C2C3NC4NC(NC5NC(NC6NC(NC(N3)C2C(S(=O)(=O)[O-])C(S(=O)(=O)[O-])C1S(=O)(=O)[O-])C1CCCCC61)C1CCCCC51)C1CCCCC41.[Mn+2].[Mn+2]. The third-order valence-electron chi connectivity index (χ3n) is 15.3. The molecule has 5 heterocycles. The zero-order chi connectivity index (χ0) is 39.7. The van der Waals surface area contributed by atoms with Crippen molar-refractivity contribution >= 4 is 40.5 Å². The first kappa shape index (κ1) is 46.4. The molecule has 8 N–H and O–H groups in total. The maximum Gasteiger partial charge on any atom is 2.00 e. The van der Waals surface area contributed by atoms with Crippen molar-refractivity contribution in [3.63, 3.8) is 0 Å². The van der Waals surface area contributed by atoms with E-state index in [1.54, 1.807) is 0 Å². The number of fused-ring (bicyclic) bond motifs is 20. The fourth-order valence-electron chi connectivity index (χ4n) is 13.4. The third kappa shape index (κ3) is 8.17. The Morgan fingerprint density at radius 2 is 0.466 bits per heavy atom. The van der Waals surface area contributed by atoms with E-state index in [2.05, 4.69) is 42.5 Å². The molecule has 9 aliphatic rings. The molecule has 0 aromatic carbocycles. The van der Waals surface area contributed by atoms with Crippen LogP contribution in [0.25, 0.3) is 0 Å². The minimum Gasteiger partial charge on any atom is -0.748 e. The minimum atomic E-state index is -6.22. The van der Waals surface area contributed by atoms with Crippen LogP contribution in [0.1, 0.15) is 77.0 Å². The molecule has 2 radical (unpaired) electrons. The largest absolute Gasteiger partial charge is 2.00 e. The molecule has 5 saturated heterocycles. The Morgan fingerprint density at radius 1 is 0.293 bits per heavy atom. The minimum absolute atomic E-state index is 0. The van der Waals surface area contributed by atoms with Crippen LogP contribution in [0, 0.1) is 47.3 Å². The summed E-state index contributed by atoms with van der Waals surface area (Å²) in [6.07, 6.45) is 6.60. The van der Waals surface area contributed by atoms with Crippen molar-refractivity contribution in [1.82, 2.24) is 42.5 Å². The van der Waals surface area contributed by atoms with Crippen LogP contribution < -0.4 is 42.5 Å². The molecule has 5 aliphatic heterocycles. The Kier molecular flexibility index (Phi) is 13.4. The molecule has 58 heavy (non-hydrogen) atoms. The van der Waals surface area contributed by atoms with Crippen LogP contribution in [-0.4, -0.2) is 122 Å². The maximum absolute atomic E-state index is 13.3. The van der Waals surface area contributed by atoms with Crippen LogP contribution in [0.15, 0.2) is 0 Å². The first-order valence-electron chi connectivity index (χ1n) is 20.2. The molecule has 0 aromatic rings. The van der Waals surface area contributed by atoms with E-state index in [1.165, 1.54) is 0 Å². The molecule has 0 amide bonds. The van der Waals surface area contributed by atoms with Gasteiger partial charge in [0, 0.05) is 11.8 Å². The summed E-state index contributed by atoms with van der Waals surface area (Å²) < 4.78 is 157. The van der Waals surface area contributed by atoms with Gasteiger partial charge in [-0.3, -0.25) is 42.5 Å². The summed E-state index contributed by atoms with van der Waals surface area (Å²) in [5, 5.41) is 16.2. The van der Waals surface area contributed by atoms with Gasteiger partial charge in [0.05, 0.1) is 90.6 Å². The molecule has 0 spiro atoms. The smallest absolute Gasteiger partial charge is 0.748 e. The summed E-state index contributed by atoms with van der Waals surface area (Å²) in [5.74, 6) is -3.14. The Bertz CT molecular complexity index is 1860. The summed E-state index contributed by atoms with van der Waals surface area (Å²) in [7, 11) is -24.4. The molecular weight excluding hydrogens is 927 g/mol. The third-order valence-corrected chi connectivity index (χ3v) is 20.9. The quantitative estimate of drug-likeness (QED) is 0.101. The van der Waals surface area contributed by atoms with Gasteiger partial charge in [0.15, 0.2) is 0 Å². The second-order valence-corrected chi connectivity index (χ2v) is 24.1. The van der Waals surface area contributed by atoms with E-state index in [4.69, 9.17) is 0 Å². The van der Waals surface area contributed by atoms with Gasteiger partial charge in [0.25, 0.3) is 0 Å². The van der Waals surface area contributed by atoms with Gasteiger partial charge < -0.3 is 18.2 Å². The summed E-state index contributed by atoms with van der Waals surface area (Å²) >= 11 is 0. The summed E-state index contributed by atoms with van der Waals surface area (Å²) in [4.78, 5) is 0. The number of hydrogen-bond donors (Lipinski definition) is 8. The first-order valence-corrected chi connectivity index (χ1v) is 26.1. The van der Waals surface area contributed by atoms with E-state index < -0.39 is 98.0 Å². The van der Waals surface area contributed by atoms with E-state index in [0.29, 0.717) is 11.8 Å². The average Bonchev–Trinajstić information content (AvgIpc) is 3.84. The Labute approximate surface area is 361 Å². The van der Waals surface area contributed by atoms with Crippen molar-refractivity contribution < 1.29 is 86.0 Å². The van der Waals surface area contributed by atoms with E-state index in [0.717, 1.165) is 77.0 Å². The zero-order valence-electron chi connectivity index (χ0n) is 31.3. The van der Waals surface area contributed by atoms with Gasteiger partial charge in [0.1, 0.15) is 20.2 Å². The summed E-state index contributed by atoms with van der Waals surface area (Å²) in [6, 6.07) is 0. The molecule has 330 valence electrons. The van der Waals surface area contributed by atoms with Crippen molar-refractivity contribution in [3.05, 3.63) is 0 Å². The van der Waals surface area contributed by atoms with Crippen molar-refractivity contribution in [2.24, 2.45) is 47.3 Å². The number of hydrogen-bond acceptors (Lipinski definition) is 20. The second-order valence-electron chi connectivity index (χ2n) is 18.0. The zero-order valence-corrected chi connectivity index (χ0v) is 36.9. The predicted octanol–water partition coefficient (Wildman–Crippen LogP) is -3.30. The van der Waals surface area contributed by atoms with Gasteiger partial charge in [-0.1, -0.05) is 38.5 Å². The van der Waals surface area contributed by atoms with Gasteiger partial charge in [-0.25, -0.2) is 33.7 Å². The van der Waals surface area contributed by atoms with Crippen LogP contribution in [0.5, 0.6) is 0 Å². The van der Waals surface area contributed by atoms with Crippen LogP contribution in [0.3, 0.4) is 0 Å². The molecule has 4 saturated carbocycles. The molecule has 20 atom stereocenters. The number of nitrogens with one attached hydrogen (secondary N) is 8. The van der Waals surface area contributed by atoms with Crippen LogP contribution in [0.2, 0.25) is 0 Å². The number of rotatable bonds is 4. The molecule has 9 fully saturated rings. The van der Waals surface area contributed by atoms with Gasteiger partial charge in [-0.2, -0.15) is 0 Å². The van der Waals surface area contributed by atoms with Crippen LogP contribution in [-0.2, 0) is 74.6 Å². The van der Waals surface area contributed by atoms with Gasteiger partial charge in [0.2, 0.25) is 0 Å². The molecule has 8 bridgehead atoms. The standard InChI is InChI=1S/C32H56N8O12S4.2Mn/c41-53(42,43)21-19-20(22(54(44,45)46)24(56(50,51)52)23(21)55(47,48)49)32-39-30-18-12-6-4-10-16(18)28(37-30)35-26-14-8-2-1-7-13(14)25(33-26)34-27-15-9-3-5-11-17(15)29(36-27)38-31(19)40-32;;/h13-40H,1-12H2,(H,41,42,43)(H,44,45,46)(H,47,48,49)(H,50,51,52);;/q;2*+2/p-4. The molecule has 4 aliphatic carbocycles. The molecule has 0 aromatic heterocycles. The van der Waals surface area contributed by atoms with Crippen LogP contribution in [0.4, 0.5) is 0 Å². The fraction of sp³-hybridized carbons (Fsp3) is 1.00. The van der Waals surface area contributed by atoms with Crippen LogP contribution >= 0.6 is 0 Å². The fourth-order valence-corrected chi connectivity index (χ4v) is 20.5. The molecule has 20 nitrogen and oxygen atoms in total. The van der Waals surface area contributed by atoms with Gasteiger partial charge >= 0.3 is 34.1 Å². The van der Waals surface area contributed by atoms with E-state index >= 15 is 0 Å². The molecular formula is C32H52Mn2N8O12S4. The van der Waals surface area contributed by atoms with Crippen molar-refractivity contribution in [3.8, 4) is 0 Å². The Hall–Kier alpha value is 0.359. The summed E-state index contributed by atoms with van der Waals surface area (Å²) in [5.41, 5.74) is 0. The normalized spacial score (nSPS) is 49.3. The second kappa shape index (κ2) is 16.7. The molecule has 26 heteroatoms. The predicted molar refractivity (Wildman–Crippen MR) is 193 cm³/mol. The maximum atomic E-state index is 13.3. The average molecular weight is 979 g/mol. The molecule has 9 rings (SSSR count). The Balaban J connectivity index is 0.00000256. The monoisotopic (exact) mass is 978 g/mol. The molecule has 20 unspecified atom stereocenters. The van der Waals surface area contributed by atoms with Gasteiger partial charge in [-0.05, 0) is 74.0 Å². The van der Waals surface area contributed by atoms with Crippen molar-refractivity contribution in [2.75, 3.05) is 0 Å². The van der Waals surface area contributed by atoms with Crippen molar-refractivity contribution in [1.29, 1.82) is 0 Å². The van der Waals surface area contributed by atoms with Crippen molar-refractivity contribution in [2.45, 2.75) is 147 Å². The van der Waals surface area contributed by atoms with E-state index in [-0.39, 0.29) is 82.5 Å². The van der Waals surface area contributed by atoms with E-state index in [9.17, 15) is 51.9 Å².